The Morgan fingerprint density at radius 2 is 2.06 bits per heavy atom. The second-order valence-electron chi connectivity index (χ2n) is 4.88. The Balaban J connectivity index is 2.76. The molecule has 0 unspecified atom stereocenters. The van der Waals surface area contributed by atoms with Crippen molar-refractivity contribution >= 4 is 5.69 Å². The lowest BCUT2D eigenvalue weighted by Crippen LogP contribution is -2.26. The smallest absolute Gasteiger partial charge is 0.141 e. The van der Waals surface area contributed by atoms with Crippen molar-refractivity contribution in [3.05, 3.63) is 23.8 Å². The molecule has 0 spiro atoms. The van der Waals surface area contributed by atoms with Crippen LogP contribution in [-0.2, 0) is 0 Å². The molecular weight excluding hydrogens is 202 g/mol. The molecule has 3 heteroatoms. The zero-order chi connectivity index (χ0) is 12.2. The molecule has 0 atom stereocenters. The Morgan fingerprint density at radius 3 is 2.62 bits per heavy atom. The monoisotopic (exact) mass is 223 g/mol. The van der Waals surface area contributed by atoms with Crippen LogP contribution in [0.3, 0.4) is 0 Å². The minimum Gasteiger partial charge on any atom is -0.495 e. The van der Waals surface area contributed by atoms with Crippen molar-refractivity contribution in [3.63, 3.8) is 0 Å². The summed E-state index contributed by atoms with van der Waals surface area (Å²) in [6.45, 7) is 6.95. The fraction of sp³-hybridized carbons (Fsp3) is 0.538. The van der Waals surface area contributed by atoms with E-state index in [2.05, 4.69) is 5.32 Å². The van der Waals surface area contributed by atoms with E-state index in [0.29, 0.717) is 6.54 Å². The lowest BCUT2D eigenvalue weighted by molar-refractivity contribution is 0.170. The number of benzene rings is 1. The molecule has 0 aliphatic heterocycles. The number of nitrogens with one attached hydrogen (secondary N) is 1. The molecule has 0 aromatic heterocycles. The minimum absolute atomic E-state index is 0.130. The van der Waals surface area contributed by atoms with Crippen molar-refractivity contribution in [1.82, 2.24) is 0 Å². The van der Waals surface area contributed by atoms with Gasteiger partial charge in [-0.25, -0.2) is 0 Å². The number of aliphatic hydroxyl groups is 1. The van der Waals surface area contributed by atoms with E-state index in [4.69, 9.17) is 4.74 Å². The lowest BCUT2D eigenvalue weighted by Gasteiger charge is -2.23. The van der Waals surface area contributed by atoms with Gasteiger partial charge in [-0.15, -0.1) is 0 Å². The molecular formula is C13H21NO2. The second-order valence-corrected chi connectivity index (χ2v) is 4.88. The van der Waals surface area contributed by atoms with Crippen LogP contribution in [0.15, 0.2) is 18.2 Å². The Bertz CT molecular complexity index is 348. The number of aryl methyl sites for hydroxylation is 1. The number of anilines is 1. The number of hydrogen-bond donors (Lipinski definition) is 2. The first kappa shape index (κ1) is 12.8. The highest BCUT2D eigenvalue weighted by atomic mass is 16.5. The molecule has 0 bridgehead atoms. The molecule has 0 saturated heterocycles. The zero-order valence-corrected chi connectivity index (χ0v) is 10.5. The van der Waals surface area contributed by atoms with Crippen molar-refractivity contribution in [2.45, 2.75) is 20.8 Å². The van der Waals surface area contributed by atoms with Crippen LogP contribution in [0.4, 0.5) is 5.69 Å². The van der Waals surface area contributed by atoms with Crippen LogP contribution in [0.2, 0.25) is 0 Å². The van der Waals surface area contributed by atoms with E-state index in [1.54, 1.807) is 7.11 Å². The Labute approximate surface area is 97.4 Å². The van der Waals surface area contributed by atoms with Crippen LogP contribution in [0.25, 0.3) is 0 Å². The van der Waals surface area contributed by atoms with E-state index in [-0.39, 0.29) is 12.0 Å². The summed E-state index contributed by atoms with van der Waals surface area (Å²) in [5.74, 6) is 0.833. The predicted molar refractivity (Wildman–Crippen MR) is 67.1 cm³/mol. The highest BCUT2D eigenvalue weighted by Crippen LogP contribution is 2.26. The summed E-state index contributed by atoms with van der Waals surface area (Å²) in [7, 11) is 1.66. The van der Waals surface area contributed by atoms with Crippen molar-refractivity contribution in [2.75, 3.05) is 25.6 Å². The van der Waals surface area contributed by atoms with Crippen LogP contribution >= 0.6 is 0 Å². The molecule has 16 heavy (non-hydrogen) atoms. The van der Waals surface area contributed by atoms with Gasteiger partial charge in [0.2, 0.25) is 0 Å². The maximum Gasteiger partial charge on any atom is 0.141 e. The van der Waals surface area contributed by atoms with E-state index in [0.717, 1.165) is 11.4 Å². The number of ether oxygens (including phenoxy) is 1. The number of rotatable bonds is 5. The third-order valence-electron chi connectivity index (χ3n) is 2.54. The summed E-state index contributed by atoms with van der Waals surface area (Å²) in [5, 5.41) is 12.5. The van der Waals surface area contributed by atoms with E-state index in [1.165, 1.54) is 5.56 Å². The van der Waals surface area contributed by atoms with E-state index in [1.807, 2.05) is 39.0 Å². The highest BCUT2D eigenvalue weighted by molar-refractivity contribution is 5.58. The van der Waals surface area contributed by atoms with Crippen LogP contribution in [0.1, 0.15) is 19.4 Å². The summed E-state index contributed by atoms with van der Waals surface area (Å²) in [6, 6.07) is 6.01. The van der Waals surface area contributed by atoms with Crippen molar-refractivity contribution in [1.29, 1.82) is 0 Å². The van der Waals surface area contributed by atoms with Gasteiger partial charge in [0.25, 0.3) is 0 Å². The largest absolute Gasteiger partial charge is 0.495 e. The topological polar surface area (TPSA) is 41.5 Å². The molecule has 0 fully saturated rings. The van der Waals surface area contributed by atoms with E-state index in [9.17, 15) is 5.11 Å². The van der Waals surface area contributed by atoms with Gasteiger partial charge in [0, 0.05) is 18.6 Å². The van der Waals surface area contributed by atoms with Gasteiger partial charge in [0.1, 0.15) is 5.75 Å². The normalized spacial score (nSPS) is 11.3. The maximum atomic E-state index is 9.18. The molecule has 1 rings (SSSR count). The van der Waals surface area contributed by atoms with Crippen LogP contribution in [0.5, 0.6) is 5.75 Å². The van der Waals surface area contributed by atoms with Gasteiger partial charge >= 0.3 is 0 Å². The summed E-state index contributed by atoms with van der Waals surface area (Å²) in [6.07, 6.45) is 0. The van der Waals surface area contributed by atoms with Gasteiger partial charge in [-0.3, -0.25) is 0 Å². The fourth-order valence-corrected chi connectivity index (χ4v) is 1.35. The summed E-state index contributed by atoms with van der Waals surface area (Å²) in [4.78, 5) is 0. The Morgan fingerprint density at radius 1 is 1.38 bits per heavy atom. The standard InChI is InChI=1S/C13H21NO2/c1-10-5-6-12(16-4)11(7-10)14-8-13(2,3)9-15/h5-7,14-15H,8-9H2,1-4H3. The maximum absolute atomic E-state index is 9.18. The summed E-state index contributed by atoms with van der Waals surface area (Å²) >= 11 is 0. The molecule has 1 aromatic rings. The molecule has 3 nitrogen and oxygen atoms in total. The summed E-state index contributed by atoms with van der Waals surface area (Å²) in [5.41, 5.74) is 2.03. The first-order valence-corrected chi connectivity index (χ1v) is 5.48. The second kappa shape index (κ2) is 5.21. The van der Waals surface area contributed by atoms with Gasteiger partial charge in [-0.1, -0.05) is 19.9 Å². The average molecular weight is 223 g/mol. The molecule has 90 valence electrons. The van der Waals surface area contributed by atoms with Gasteiger partial charge in [-0.2, -0.15) is 0 Å². The van der Waals surface area contributed by atoms with Crippen molar-refractivity contribution in [2.24, 2.45) is 5.41 Å². The SMILES string of the molecule is COc1ccc(C)cc1NCC(C)(C)CO. The molecule has 0 aliphatic carbocycles. The van der Waals surface area contributed by atoms with Crippen molar-refractivity contribution < 1.29 is 9.84 Å². The van der Waals surface area contributed by atoms with Crippen LogP contribution in [0, 0.1) is 12.3 Å². The van der Waals surface area contributed by atoms with Gasteiger partial charge in [0.05, 0.1) is 12.8 Å². The third kappa shape index (κ3) is 3.42. The quantitative estimate of drug-likeness (QED) is 0.805. The number of hydrogen-bond acceptors (Lipinski definition) is 3. The number of methoxy groups -OCH3 is 1. The van der Waals surface area contributed by atoms with Gasteiger partial charge < -0.3 is 15.2 Å². The zero-order valence-electron chi connectivity index (χ0n) is 10.5. The summed E-state index contributed by atoms with van der Waals surface area (Å²) < 4.78 is 5.27. The molecule has 2 N–H and O–H groups in total. The van der Waals surface area contributed by atoms with Gasteiger partial charge in [0.15, 0.2) is 0 Å². The molecule has 0 radical (unpaired) electrons. The first-order valence-electron chi connectivity index (χ1n) is 5.48. The molecule has 0 heterocycles. The Hall–Kier alpha value is -1.22. The fourth-order valence-electron chi connectivity index (χ4n) is 1.35. The van der Waals surface area contributed by atoms with Crippen LogP contribution in [-0.4, -0.2) is 25.4 Å². The highest BCUT2D eigenvalue weighted by Gasteiger charge is 2.16. The first-order chi connectivity index (χ1) is 7.48. The van der Waals surface area contributed by atoms with E-state index >= 15 is 0 Å². The van der Waals surface area contributed by atoms with Crippen LogP contribution < -0.4 is 10.1 Å². The third-order valence-corrected chi connectivity index (χ3v) is 2.54. The number of aliphatic hydroxyl groups excluding tert-OH is 1. The molecule has 0 aliphatic rings. The van der Waals surface area contributed by atoms with E-state index < -0.39 is 0 Å². The predicted octanol–water partition coefficient (Wildman–Crippen LogP) is 2.43. The molecule has 1 aromatic carbocycles. The minimum atomic E-state index is -0.130. The van der Waals surface area contributed by atoms with Crippen molar-refractivity contribution in [3.8, 4) is 5.75 Å². The van der Waals surface area contributed by atoms with Gasteiger partial charge in [-0.05, 0) is 24.6 Å². The molecule has 0 amide bonds. The lowest BCUT2D eigenvalue weighted by atomic mass is 9.95. The molecule has 0 saturated carbocycles. The average Bonchev–Trinajstić information content (AvgIpc) is 2.27. The Kier molecular flexibility index (Phi) is 4.19.